The first-order chi connectivity index (χ1) is 15.8. The molecular formula is C24H24F2N2O2S3. The summed E-state index contributed by atoms with van der Waals surface area (Å²) >= 11 is 3.65. The van der Waals surface area contributed by atoms with Crippen LogP contribution in [0.2, 0.25) is 0 Å². The second-order valence-electron chi connectivity index (χ2n) is 7.04. The van der Waals surface area contributed by atoms with E-state index in [-0.39, 0.29) is 11.3 Å². The molecule has 1 aromatic heterocycles. The molecule has 174 valence electrons. The number of alkyl halides is 1. The average Bonchev–Trinajstić information content (AvgIpc) is 2.83. The van der Waals surface area contributed by atoms with E-state index in [1.165, 1.54) is 35.7 Å². The lowest BCUT2D eigenvalue weighted by molar-refractivity contribution is -0.122. The van der Waals surface area contributed by atoms with Gasteiger partial charge in [0, 0.05) is 21.9 Å². The van der Waals surface area contributed by atoms with Crippen LogP contribution in [0, 0.1) is 12.7 Å². The third-order valence-corrected chi connectivity index (χ3v) is 7.57. The number of ether oxygens (including phenoxy) is 1. The van der Waals surface area contributed by atoms with Crippen molar-refractivity contribution in [3.63, 3.8) is 0 Å². The summed E-state index contributed by atoms with van der Waals surface area (Å²) in [5.74, 6) is -0.433. The van der Waals surface area contributed by atoms with Gasteiger partial charge in [0.15, 0.2) is 0 Å². The maximum absolute atomic E-state index is 16.5. The minimum absolute atomic E-state index is 0.0661. The van der Waals surface area contributed by atoms with Crippen molar-refractivity contribution in [1.82, 2.24) is 4.98 Å². The van der Waals surface area contributed by atoms with Gasteiger partial charge in [-0.25, -0.2) is 13.8 Å². The summed E-state index contributed by atoms with van der Waals surface area (Å²) in [6.45, 7) is 1.87. The van der Waals surface area contributed by atoms with Crippen molar-refractivity contribution in [2.45, 2.75) is 27.6 Å². The van der Waals surface area contributed by atoms with E-state index < -0.39 is 16.7 Å². The first-order valence-corrected chi connectivity index (χ1v) is 13.4. The summed E-state index contributed by atoms with van der Waals surface area (Å²) in [6, 6.07) is 13.9. The van der Waals surface area contributed by atoms with E-state index in [1.807, 2.05) is 37.6 Å². The summed E-state index contributed by atoms with van der Waals surface area (Å²) in [5, 5.41) is 0.915. The number of pyridine rings is 1. The van der Waals surface area contributed by atoms with E-state index in [4.69, 9.17) is 4.74 Å². The fraction of sp³-hybridized carbons (Fsp3) is 0.250. The Morgan fingerprint density at radius 3 is 2.33 bits per heavy atom. The Morgan fingerprint density at radius 2 is 1.76 bits per heavy atom. The Morgan fingerprint density at radius 1 is 1.09 bits per heavy atom. The number of aromatic nitrogens is 1. The number of thioether (sulfide) groups is 3. The Hall–Kier alpha value is -2.23. The van der Waals surface area contributed by atoms with E-state index in [0.717, 1.165) is 40.0 Å². The van der Waals surface area contributed by atoms with Crippen molar-refractivity contribution in [3.8, 4) is 5.75 Å². The molecule has 1 N–H and O–H groups in total. The predicted octanol–water partition coefficient (Wildman–Crippen LogP) is 6.68. The van der Waals surface area contributed by atoms with Gasteiger partial charge in [0.05, 0.1) is 12.8 Å². The molecule has 1 unspecified atom stereocenters. The molecule has 0 aliphatic heterocycles. The van der Waals surface area contributed by atoms with Crippen LogP contribution in [0.5, 0.6) is 5.75 Å². The number of nitrogens with zero attached hydrogens (tertiary/aromatic N) is 1. The standard InChI is InChI=1S/C24H24F2N2O2S3/c1-15-13-20(31-3)21(22(27-15)32-4)28-23(29)24(26,17-7-9-18(25)10-8-17)33-14-16-5-11-19(30-2)12-6-16/h5-13H,14H2,1-4H3,(H,28,29). The molecule has 3 aromatic rings. The van der Waals surface area contributed by atoms with E-state index in [9.17, 15) is 9.18 Å². The van der Waals surface area contributed by atoms with Gasteiger partial charge in [0.1, 0.15) is 16.6 Å². The number of hydrogen-bond acceptors (Lipinski definition) is 6. The van der Waals surface area contributed by atoms with Crippen molar-refractivity contribution in [2.24, 2.45) is 0 Å². The number of methoxy groups -OCH3 is 1. The molecule has 0 bridgehead atoms. The molecule has 33 heavy (non-hydrogen) atoms. The third-order valence-electron chi connectivity index (χ3n) is 4.83. The van der Waals surface area contributed by atoms with Crippen LogP contribution in [0.25, 0.3) is 0 Å². The van der Waals surface area contributed by atoms with Crippen LogP contribution in [0.3, 0.4) is 0 Å². The molecule has 9 heteroatoms. The molecule has 1 amide bonds. The number of halogens is 2. The number of benzene rings is 2. The van der Waals surface area contributed by atoms with Crippen LogP contribution in [0.4, 0.5) is 14.5 Å². The highest BCUT2D eigenvalue weighted by molar-refractivity contribution is 8.00. The van der Waals surface area contributed by atoms with E-state index in [0.29, 0.717) is 16.5 Å². The summed E-state index contributed by atoms with van der Waals surface area (Å²) in [6.07, 6.45) is 3.73. The molecule has 0 aliphatic rings. The largest absolute Gasteiger partial charge is 0.497 e. The summed E-state index contributed by atoms with van der Waals surface area (Å²) in [5.41, 5.74) is 2.17. The van der Waals surface area contributed by atoms with Gasteiger partial charge in [0.25, 0.3) is 10.9 Å². The van der Waals surface area contributed by atoms with Crippen LogP contribution < -0.4 is 10.1 Å². The Kier molecular flexibility index (Phi) is 8.67. The van der Waals surface area contributed by atoms with Crippen LogP contribution in [0.1, 0.15) is 16.8 Å². The molecule has 0 radical (unpaired) electrons. The number of carbonyl (C=O) groups excluding carboxylic acids is 1. The quantitative estimate of drug-likeness (QED) is 0.327. The summed E-state index contributed by atoms with van der Waals surface area (Å²) < 4.78 is 35.2. The van der Waals surface area contributed by atoms with Crippen molar-refractivity contribution >= 4 is 46.9 Å². The van der Waals surface area contributed by atoms with Crippen molar-refractivity contribution in [3.05, 3.63) is 77.2 Å². The fourth-order valence-electron chi connectivity index (χ4n) is 3.08. The zero-order chi connectivity index (χ0) is 24.0. The van der Waals surface area contributed by atoms with Gasteiger partial charge in [-0.15, -0.1) is 35.3 Å². The third kappa shape index (κ3) is 6.02. The topological polar surface area (TPSA) is 51.2 Å². The van der Waals surface area contributed by atoms with Crippen molar-refractivity contribution in [1.29, 1.82) is 0 Å². The van der Waals surface area contributed by atoms with Crippen LogP contribution >= 0.6 is 35.3 Å². The second-order valence-corrected chi connectivity index (χ2v) is 9.83. The maximum atomic E-state index is 16.5. The highest BCUT2D eigenvalue weighted by Gasteiger charge is 2.42. The Labute approximate surface area is 205 Å². The molecule has 1 heterocycles. The fourth-order valence-corrected chi connectivity index (χ4v) is 5.43. The number of anilines is 1. The van der Waals surface area contributed by atoms with Gasteiger partial charge in [-0.1, -0.05) is 24.3 Å². The molecular weight excluding hydrogens is 482 g/mol. The van der Waals surface area contributed by atoms with Gasteiger partial charge in [0.2, 0.25) is 0 Å². The van der Waals surface area contributed by atoms with E-state index in [2.05, 4.69) is 10.3 Å². The zero-order valence-corrected chi connectivity index (χ0v) is 21.1. The van der Waals surface area contributed by atoms with E-state index in [1.54, 1.807) is 19.2 Å². The lowest BCUT2D eigenvalue weighted by atomic mass is 10.1. The lowest BCUT2D eigenvalue weighted by Gasteiger charge is -2.25. The second kappa shape index (κ2) is 11.3. The zero-order valence-electron chi connectivity index (χ0n) is 18.6. The summed E-state index contributed by atoms with van der Waals surface area (Å²) in [7, 11) is 1.57. The lowest BCUT2D eigenvalue weighted by Crippen LogP contribution is -2.34. The number of amides is 1. The number of aryl methyl sites for hydroxylation is 1. The first-order valence-electron chi connectivity index (χ1n) is 9.93. The van der Waals surface area contributed by atoms with Crippen molar-refractivity contribution in [2.75, 3.05) is 24.9 Å². The van der Waals surface area contributed by atoms with Gasteiger partial charge >= 0.3 is 0 Å². The molecule has 4 nitrogen and oxygen atoms in total. The smallest absolute Gasteiger partial charge is 0.277 e. The van der Waals surface area contributed by atoms with E-state index >= 15 is 4.39 Å². The minimum atomic E-state index is -2.45. The molecule has 0 spiro atoms. The minimum Gasteiger partial charge on any atom is -0.497 e. The number of hydrogen-bond donors (Lipinski definition) is 1. The number of carbonyl (C=O) groups is 1. The van der Waals surface area contributed by atoms with Crippen molar-refractivity contribution < 1.29 is 18.3 Å². The Bertz CT molecular complexity index is 1090. The molecule has 0 saturated heterocycles. The molecule has 3 rings (SSSR count). The summed E-state index contributed by atoms with van der Waals surface area (Å²) in [4.78, 5) is 18.7. The molecule has 0 aliphatic carbocycles. The van der Waals surface area contributed by atoms with Crippen LogP contribution in [-0.2, 0) is 15.5 Å². The average molecular weight is 507 g/mol. The Balaban J connectivity index is 1.95. The molecule has 2 aromatic carbocycles. The molecule has 0 saturated carbocycles. The van der Waals surface area contributed by atoms with Crippen LogP contribution in [0.15, 0.2) is 64.5 Å². The van der Waals surface area contributed by atoms with Crippen LogP contribution in [-0.4, -0.2) is 30.5 Å². The van der Waals surface area contributed by atoms with Gasteiger partial charge in [-0.2, -0.15) is 0 Å². The SMILES string of the molecule is COc1ccc(CSC(F)(C(=O)Nc2c(SC)cc(C)nc2SC)c2ccc(F)cc2)cc1. The van der Waals surface area contributed by atoms with Gasteiger partial charge in [-0.05, 0) is 55.3 Å². The predicted molar refractivity (Wildman–Crippen MR) is 135 cm³/mol. The number of rotatable bonds is 9. The monoisotopic (exact) mass is 506 g/mol. The number of nitrogens with one attached hydrogen (secondary N) is 1. The highest BCUT2D eigenvalue weighted by Crippen LogP contribution is 2.43. The molecule has 0 fully saturated rings. The highest BCUT2D eigenvalue weighted by atomic mass is 32.2. The van der Waals surface area contributed by atoms with Gasteiger partial charge < -0.3 is 10.1 Å². The van der Waals surface area contributed by atoms with Gasteiger partial charge in [-0.3, -0.25) is 4.79 Å². The normalized spacial score (nSPS) is 12.8. The molecule has 1 atom stereocenters. The maximum Gasteiger partial charge on any atom is 0.277 e. The first kappa shape index (κ1) is 25.4.